The third-order valence-electron chi connectivity index (χ3n) is 4.57. The van der Waals surface area contributed by atoms with Crippen LogP contribution < -0.4 is 10.6 Å². The highest BCUT2D eigenvalue weighted by Gasteiger charge is 2.43. The van der Waals surface area contributed by atoms with Crippen LogP contribution in [0.15, 0.2) is 84.9 Å². The molecule has 0 aromatic heterocycles. The van der Waals surface area contributed by atoms with Gasteiger partial charge in [0.15, 0.2) is 0 Å². The average Bonchev–Trinajstić information content (AvgIpc) is 3.46. The largest absolute Gasteiger partial charge is 0.356 e. The van der Waals surface area contributed by atoms with Gasteiger partial charge in [0.05, 0.1) is 0 Å². The predicted octanol–water partition coefficient (Wildman–Crippen LogP) is 5.17. The summed E-state index contributed by atoms with van der Waals surface area (Å²) in [5.41, 5.74) is 4.13. The summed E-state index contributed by atoms with van der Waals surface area (Å²) in [5, 5.41) is 6.36. The third-order valence-corrected chi connectivity index (χ3v) is 4.57. The zero-order valence-electron chi connectivity index (χ0n) is 13.9. The quantitative estimate of drug-likeness (QED) is 0.678. The van der Waals surface area contributed by atoms with Crippen LogP contribution >= 0.6 is 0 Å². The summed E-state index contributed by atoms with van der Waals surface area (Å²) in [7, 11) is 0. The predicted molar refractivity (Wildman–Crippen MR) is 102 cm³/mol. The van der Waals surface area contributed by atoms with E-state index in [1.54, 1.807) is 0 Å². The molecule has 0 unspecified atom stereocenters. The number of hydrogen-bond acceptors (Lipinski definition) is 2. The van der Waals surface area contributed by atoms with Crippen molar-refractivity contribution in [1.82, 2.24) is 0 Å². The lowest BCUT2D eigenvalue weighted by molar-refractivity contribution is -0.117. The number of carbonyl (C=O) groups is 1. The minimum absolute atomic E-state index is 0.0875. The second-order valence-electron chi connectivity index (χ2n) is 6.42. The van der Waals surface area contributed by atoms with Crippen LogP contribution in [-0.2, 0) is 4.79 Å². The van der Waals surface area contributed by atoms with Gasteiger partial charge in [0.25, 0.3) is 0 Å². The molecule has 2 atom stereocenters. The van der Waals surface area contributed by atoms with E-state index in [1.165, 1.54) is 5.56 Å². The number of anilines is 3. The zero-order chi connectivity index (χ0) is 17.1. The molecule has 4 rings (SSSR count). The number of carbonyl (C=O) groups excluding carboxylic acids is 1. The van der Waals surface area contributed by atoms with Crippen molar-refractivity contribution < 1.29 is 4.79 Å². The zero-order valence-corrected chi connectivity index (χ0v) is 13.9. The maximum atomic E-state index is 12.4. The monoisotopic (exact) mass is 328 g/mol. The first kappa shape index (κ1) is 15.5. The second kappa shape index (κ2) is 6.81. The number of para-hydroxylation sites is 1. The Bertz CT molecular complexity index is 844. The first-order valence-corrected chi connectivity index (χ1v) is 8.57. The van der Waals surface area contributed by atoms with E-state index in [4.69, 9.17) is 0 Å². The summed E-state index contributed by atoms with van der Waals surface area (Å²) in [6, 6.07) is 28.1. The van der Waals surface area contributed by atoms with Gasteiger partial charge >= 0.3 is 0 Å². The Hall–Kier alpha value is -3.07. The molecule has 3 nitrogen and oxygen atoms in total. The van der Waals surface area contributed by atoms with Gasteiger partial charge in [-0.1, -0.05) is 48.5 Å². The molecule has 0 saturated heterocycles. The second-order valence-corrected chi connectivity index (χ2v) is 6.42. The molecule has 25 heavy (non-hydrogen) atoms. The summed E-state index contributed by atoms with van der Waals surface area (Å²) in [6.07, 6.45) is 0.934. The van der Waals surface area contributed by atoms with Crippen molar-refractivity contribution in [1.29, 1.82) is 0 Å². The molecule has 1 fully saturated rings. The molecule has 0 bridgehead atoms. The van der Waals surface area contributed by atoms with Gasteiger partial charge in [-0.15, -0.1) is 0 Å². The number of nitrogens with one attached hydrogen (secondary N) is 2. The van der Waals surface area contributed by atoms with Gasteiger partial charge in [-0.2, -0.15) is 0 Å². The van der Waals surface area contributed by atoms with Gasteiger partial charge in [-0.3, -0.25) is 4.79 Å². The molecule has 1 amide bonds. The number of hydrogen-bond donors (Lipinski definition) is 2. The Balaban J connectivity index is 1.35. The van der Waals surface area contributed by atoms with Crippen molar-refractivity contribution in [3.05, 3.63) is 90.5 Å². The lowest BCUT2D eigenvalue weighted by Gasteiger charge is -2.09. The molecule has 3 aromatic rings. The van der Waals surface area contributed by atoms with Crippen molar-refractivity contribution >= 4 is 23.0 Å². The average molecular weight is 328 g/mol. The first-order valence-electron chi connectivity index (χ1n) is 8.57. The van der Waals surface area contributed by atoms with E-state index in [1.807, 2.05) is 72.8 Å². The van der Waals surface area contributed by atoms with Gasteiger partial charge in [-0.25, -0.2) is 0 Å². The summed E-state index contributed by atoms with van der Waals surface area (Å²) >= 11 is 0. The summed E-state index contributed by atoms with van der Waals surface area (Å²) in [4.78, 5) is 12.4. The molecule has 3 aromatic carbocycles. The van der Waals surface area contributed by atoms with E-state index in [9.17, 15) is 4.79 Å². The summed E-state index contributed by atoms with van der Waals surface area (Å²) < 4.78 is 0. The Morgan fingerprint density at radius 1 is 0.720 bits per heavy atom. The standard InChI is InChI=1S/C22H20N2O/c25-22(21-15-20(21)16-7-3-1-4-8-16)24-19-13-11-18(12-14-19)23-17-9-5-2-6-10-17/h1-14,20-21,23H,15H2,(H,24,25)/t20-,21-/m1/s1. The van der Waals surface area contributed by atoms with Gasteiger partial charge in [0.1, 0.15) is 0 Å². The fourth-order valence-electron chi connectivity index (χ4n) is 3.11. The van der Waals surface area contributed by atoms with Crippen LogP contribution in [-0.4, -0.2) is 5.91 Å². The fourth-order valence-corrected chi connectivity index (χ4v) is 3.11. The minimum atomic E-state index is 0.0875. The Morgan fingerprint density at radius 3 is 1.96 bits per heavy atom. The lowest BCUT2D eigenvalue weighted by Crippen LogP contribution is -2.14. The smallest absolute Gasteiger partial charge is 0.228 e. The minimum Gasteiger partial charge on any atom is -0.356 e. The summed E-state index contributed by atoms with van der Waals surface area (Å²) in [5.74, 6) is 0.558. The van der Waals surface area contributed by atoms with Gasteiger partial charge < -0.3 is 10.6 Å². The molecule has 2 N–H and O–H groups in total. The van der Waals surface area contributed by atoms with E-state index >= 15 is 0 Å². The Kier molecular flexibility index (Phi) is 4.21. The van der Waals surface area contributed by atoms with Crippen LogP contribution in [0.4, 0.5) is 17.1 Å². The molecule has 124 valence electrons. The van der Waals surface area contributed by atoms with E-state index in [0.29, 0.717) is 5.92 Å². The molecular weight excluding hydrogens is 308 g/mol. The number of benzene rings is 3. The molecule has 0 aliphatic heterocycles. The molecule has 1 saturated carbocycles. The lowest BCUT2D eigenvalue weighted by atomic mass is 10.1. The van der Waals surface area contributed by atoms with Crippen LogP contribution in [0.5, 0.6) is 0 Å². The van der Waals surface area contributed by atoms with Crippen LogP contribution in [0.1, 0.15) is 17.9 Å². The highest BCUT2D eigenvalue weighted by Crippen LogP contribution is 2.47. The van der Waals surface area contributed by atoms with Crippen LogP contribution in [0.2, 0.25) is 0 Å². The van der Waals surface area contributed by atoms with Gasteiger partial charge in [0, 0.05) is 23.0 Å². The molecule has 1 aliphatic rings. The van der Waals surface area contributed by atoms with Crippen LogP contribution in [0, 0.1) is 5.92 Å². The third kappa shape index (κ3) is 3.72. The van der Waals surface area contributed by atoms with Crippen molar-refractivity contribution in [3.63, 3.8) is 0 Å². The molecule has 3 heteroatoms. The SMILES string of the molecule is O=C(Nc1ccc(Nc2ccccc2)cc1)[C@@H]1C[C@@H]1c1ccccc1. The van der Waals surface area contributed by atoms with Gasteiger partial charge in [0.2, 0.25) is 5.91 Å². The maximum absolute atomic E-state index is 12.4. The van der Waals surface area contributed by atoms with E-state index in [2.05, 4.69) is 22.8 Å². The number of rotatable bonds is 5. The highest BCUT2D eigenvalue weighted by atomic mass is 16.2. The molecular formula is C22H20N2O. The van der Waals surface area contributed by atoms with E-state index in [-0.39, 0.29) is 11.8 Å². The molecule has 0 radical (unpaired) electrons. The van der Waals surface area contributed by atoms with Crippen molar-refractivity contribution in [2.75, 3.05) is 10.6 Å². The highest BCUT2D eigenvalue weighted by molar-refractivity contribution is 5.95. The first-order chi connectivity index (χ1) is 12.3. The normalized spacial score (nSPS) is 18.4. The topological polar surface area (TPSA) is 41.1 Å². The van der Waals surface area contributed by atoms with Gasteiger partial charge in [-0.05, 0) is 54.3 Å². The molecule has 0 spiro atoms. The van der Waals surface area contributed by atoms with Crippen molar-refractivity contribution in [3.8, 4) is 0 Å². The fraction of sp³-hybridized carbons (Fsp3) is 0.136. The Labute approximate surface area is 147 Å². The molecule has 1 aliphatic carbocycles. The summed E-state index contributed by atoms with van der Waals surface area (Å²) in [6.45, 7) is 0. The van der Waals surface area contributed by atoms with Crippen molar-refractivity contribution in [2.45, 2.75) is 12.3 Å². The Morgan fingerprint density at radius 2 is 1.28 bits per heavy atom. The molecule has 0 heterocycles. The van der Waals surface area contributed by atoms with Crippen LogP contribution in [0.3, 0.4) is 0 Å². The van der Waals surface area contributed by atoms with Crippen molar-refractivity contribution in [2.24, 2.45) is 5.92 Å². The van der Waals surface area contributed by atoms with Crippen LogP contribution in [0.25, 0.3) is 0 Å². The maximum Gasteiger partial charge on any atom is 0.228 e. The van der Waals surface area contributed by atoms with E-state index in [0.717, 1.165) is 23.5 Å². The van der Waals surface area contributed by atoms with E-state index < -0.39 is 0 Å². The number of amides is 1.